The molecular weight excluding hydrogens is 544 g/mol. The van der Waals surface area contributed by atoms with E-state index in [4.69, 9.17) is 0 Å². The van der Waals surface area contributed by atoms with Gasteiger partial charge in [-0.05, 0) is 77.0 Å². The van der Waals surface area contributed by atoms with Crippen LogP contribution in [-0.2, 0) is 18.3 Å². The van der Waals surface area contributed by atoms with Crippen LogP contribution in [0.25, 0.3) is 21.2 Å². The second-order valence-electron chi connectivity index (χ2n) is 10.4. The first kappa shape index (κ1) is 28.6. The summed E-state index contributed by atoms with van der Waals surface area (Å²) in [5.41, 5.74) is 6.31. The molecule has 5 rings (SSSR count). The van der Waals surface area contributed by atoms with E-state index in [9.17, 15) is 14.4 Å². The average molecular weight is 577 g/mol. The van der Waals surface area contributed by atoms with E-state index in [1.54, 1.807) is 11.6 Å². The van der Waals surface area contributed by atoms with Crippen LogP contribution in [0.1, 0.15) is 26.4 Å². The zero-order valence-corrected chi connectivity index (χ0v) is 24.8. The van der Waals surface area contributed by atoms with E-state index in [1.165, 1.54) is 17.4 Å². The predicted octanol–water partition coefficient (Wildman–Crippen LogP) is 6.61. The molecule has 0 aliphatic rings. The number of amides is 2. The number of fused-ring (bicyclic) bond motifs is 1. The quantitative estimate of drug-likeness (QED) is 0.204. The molecule has 0 aliphatic heterocycles. The number of anilines is 3. The van der Waals surface area contributed by atoms with Gasteiger partial charge in [0.25, 0.3) is 11.5 Å². The van der Waals surface area contributed by atoms with Gasteiger partial charge in [0, 0.05) is 49.7 Å². The first-order chi connectivity index (χ1) is 20.1. The third kappa shape index (κ3) is 5.89. The zero-order valence-electron chi connectivity index (χ0n) is 24.0. The van der Waals surface area contributed by atoms with Gasteiger partial charge in [0.2, 0.25) is 5.91 Å². The van der Waals surface area contributed by atoms with E-state index in [-0.39, 0.29) is 17.4 Å². The summed E-state index contributed by atoms with van der Waals surface area (Å²) in [6, 6.07) is 23.3. The summed E-state index contributed by atoms with van der Waals surface area (Å²) in [6.07, 6.45) is 3.43. The smallest absolute Gasteiger partial charge is 0.265 e. The van der Waals surface area contributed by atoms with E-state index >= 15 is 0 Å². The molecule has 0 unspecified atom stereocenters. The Labute approximate surface area is 248 Å². The minimum Gasteiger partial charge on any atom is -0.376 e. The Morgan fingerprint density at radius 3 is 2.50 bits per heavy atom. The molecule has 5 aromatic rings. The Balaban J connectivity index is 1.45. The molecule has 0 fully saturated rings. The molecule has 2 heterocycles. The molecule has 7 nitrogen and oxygen atoms in total. The standard InChI is InChI=1S/C34H32N4O3S/c1-6-32(39)35-28-17-22(14-15-29(28)37(3)4)16-24-18-25(20-38(5)34(24)41)26-11-9-12-27(21(26)2)36-33(40)31-19-23-10-7-8-13-30(23)42-31/h6-15,17-20H,1,16H2,2-5H3,(H,35,39)(H,36,40). The third-order valence-electron chi connectivity index (χ3n) is 7.18. The van der Waals surface area contributed by atoms with E-state index < -0.39 is 0 Å². The van der Waals surface area contributed by atoms with Crippen LogP contribution in [0.2, 0.25) is 0 Å². The number of thiophene rings is 1. The molecule has 212 valence electrons. The minimum atomic E-state index is -0.303. The fraction of sp³-hybridized carbons (Fsp3) is 0.147. The number of nitrogens with zero attached hydrogens (tertiary/aromatic N) is 2. The highest BCUT2D eigenvalue weighted by molar-refractivity contribution is 7.20. The van der Waals surface area contributed by atoms with Gasteiger partial charge in [-0.25, -0.2) is 0 Å². The Morgan fingerprint density at radius 1 is 0.976 bits per heavy atom. The molecule has 0 spiro atoms. The van der Waals surface area contributed by atoms with Crippen LogP contribution in [0.3, 0.4) is 0 Å². The maximum absolute atomic E-state index is 13.2. The van der Waals surface area contributed by atoms with Gasteiger partial charge in [-0.15, -0.1) is 11.3 Å². The summed E-state index contributed by atoms with van der Waals surface area (Å²) >= 11 is 1.46. The molecule has 0 saturated carbocycles. The van der Waals surface area contributed by atoms with Crippen molar-refractivity contribution >= 4 is 50.3 Å². The number of benzene rings is 3. The lowest BCUT2D eigenvalue weighted by Gasteiger charge is -2.19. The van der Waals surface area contributed by atoms with Crippen LogP contribution in [0.15, 0.2) is 96.4 Å². The summed E-state index contributed by atoms with van der Waals surface area (Å²) in [4.78, 5) is 40.9. The van der Waals surface area contributed by atoms with Crippen molar-refractivity contribution in [2.24, 2.45) is 7.05 Å². The Hall–Kier alpha value is -4.95. The van der Waals surface area contributed by atoms with Gasteiger partial charge in [0.05, 0.1) is 16.3 Å². The topological polar surface area (TPSA) is 83.4 Å². The van der Waals surface area contributed by atoms with E-state index in [1.807, 2.05) is 105 Å². The van der Waals surface area contributed by atoms with Crippen molar-refractivity contribution in [1.82, 2.24) is 4.57 Å². The van der Waals surface area contributed by atoms with Crippen molar-refractivity contribution in [3.63, 3.8) is 0 Å². The van der Waals surface area contributed by atoms with Crippen LogP contribution >= 0.6 is 11.3 Å². The van der Waals surface area contributed by atoms with Crippen LogP contribution in [0.4, 0.5) is 17.1 Å². The van der Waals surface area contributed by atoms with E-state index in [2.05, 4.69) is 17.2 Å². The van der Waals surface area contributed by atoms with Crippen LogP contribution in [0, 0.1) is 6.92 Å². The summed E-state index contributed by atoms with van der Waals surface area (Å²) in [6.45, 7) is 5.51. The van der Waals surface area contributed by atoms with Gasteiger partial charge in [-0.1, -0.05) is 43.0 Å². The number of aromatic nitrogens is 1. The molecule has 0 bridgehead atoms. The van der Waals surface area contributed by atoms with Gasteiger partial charge in [0.1, 0.15) is 0 Å². The van der Waals surface area contributed by atoms with Crippen molar-refractivity contribution in [2.45, 2.75) is 13.3 Å². The highest BCUT2D eigenvalue weighted by atomic mass is 32.1. The number of carbonyl (C=O) groups excluding carboxylic acids is 2. The first-order valence-corrected chi connectivity index (χ1v) is 14.3. The second kappa shape index (κ2) is 11.9. The lowest BCUT2D eigenvalue weighted by molar-refractivity contribution is -0.111. The SMILES string of the molecule is C=CC(=O)Nc1cc(Cc2cc(-c3cccc(NC(=O)c4cc5ccccc5s4)c3C)cn(C)c2=O)ccc1N(C)C. The maximum atomic E-state index is 13.2. The summed E-state index contributed by atoms with van der Waals surface area (Å²) in [7, 11) is 5.54. The number of hydrogen-bond acceptors (Lipinski definition) is 5. The zero-order chi connectivity index (χ0) is 30.0. The molecule has 8 heteroatoms. The molecule has 2 N–H and O–H groups in total. The number of pyridine rings is 1. The first-order valence-electron chi connectivity index (χ1n) is 13.5. The number of carbonyl (C=O) groups is 2. The van der Waals surface area contributed by atoms with Crippen LogP contribution in [0.5, 0.6) is 0 Å². The highest BCUT2D eigenvalue weighted by Crippen LogP contribution is 2.32. The van der Waals surface area contributed by atoms with Gasteiger partial charge in [0.15, 0.2) is 0 Å². The monoisotopic (exact) mass is 576 g/mol. The molecule has 0 saturated heterocycles. The predicted molar refractivity (Wildman–Crippen MR) is 174 cm³/mol. The second-order valence-corrected chi connectivity index (χ2v) is 11.5. The Bertz CT molecular complexity index is 1870. The third-order valence-corrected chi connectivity index (χ3v) is 8.30. The average Bonchev–Trinajstić information content (AvgIpc) is 3.41. The minimum absolute atomic E-state index is 0.0982. The largest absolute Gasteiger partial charge is 0.376 e. The summed E-state index contributed by atoms with van der Waals surface area (Å²) < 4.78 is 2.65. The molecule has 0 atom stereocenters. The lowest BCUT2D eigenvalue weighted by Crippen LogP contribution is -2.21. The van der Waals surface area contributed by atoms with Crippen LogP contribution in [-0.4, -0.2) is 30.5 Å². The molecule has 42 heavy (non-hydrogen) atoms. The number of aryl methyl sites for hydroxylation is 1. The van der Waals surface area contributed by atoms with Crippen molar-refractivity contribution in [3.05, 3.63) is 124 Å². The maximum Gasteiger partial charge on any atom is 0.265 e. The van der Waals surface area contributed by atoms with Crippen molar-refractivity contribution in [3.8, 4) is 11.1 Å². The number of rotatable bonds is 8. The lowest BCUT2D eigenvalue weighted by atomic mass is 9.97. The summed E-state index contributed by atoms with van der Waals surface area (Å²) in [5, 5.41) is 6.98. The van der Waals surface area contributed by atoms with Gasteiger partial charge in [-0.3, -0.25) is 14.4 Å². The van der Waals surface area contributed by atoms with E-state index in [0.717, 1.165) is 38.0 Å². The van der Waals surface area contributed by atoms with E-state index in [0.29, 0.717) is 28.2 Å². The molecule has 3 aromatic carbocycles. The number of hydrogen-bond donors (Lipinski definition) is 2. The molecule has 0 aliphatic carbocycles. The fourth-order valence-corrected chi connectivity index (χ4v) is 5.96. The summed E-state index contributed by atoms with van der Waals surface area (Å²) in [5.74, 6) is -0.457. The fourth-order valence-electron chi connectivity index (χ4n) is 5.00. The van der Waals surface area contributed by atoms with Gasteiger partial charge < -0.3 is 20.1 Å². The van der Waals surface area contributed by atoms with Crippen LogP contribution < -0.4 is 21.1 Å². The normalized spacial score (nSPS) is 10.9. The molecule has 2 amide bonds. The van der Waals surface area contributed by atoms with Gasteiger partial charge in [-0.2, -0.15) is 0 Å². The van der Waals surface area contributed by atoms with Crippen molar-refractivity contribution in [2.75, 3.05) is 29.6 Å². The molecule has 2 aromatic heterocycles. The Kier molecular flexibility index (Phi) is 8.08. The molecule has 0 radical (unpaired) electrons. The van der Waals surface area contributed by atoms with Gasteiger partial charge >= 0.3 is 0 Å². The highest BCUT2D eigenvalue weighted by Gasteiger charge is 2.16. The number of nitrogens with one attached hydrogen (secondary N) is 2. The molecular formula is C34H32N4O3S. The van der Waals surface area contributed by atoms with Crippen molar-refractivity contribution < 1.29 is 9.59 Å². The van der Waals surface area contributed by atoms with Crippen molar-refractivity contribution in [1.29, 1.82) is 0 Å². The Morgan fingerprint density at radius 2 is 1.76 bits per heavy atom.